The van der Waals surface area contributed by atoms with Crippen molar-refractivity contribution < 1.29 is 13.2 Å². The van der Waals surface area contributed by atoms with Crippen LogP contribution >= 0.6 is 0 Å². The molecule has 0 bridgehead atoms. The fraction of sp³-hybridized carbons (Fsp3) is 0.650. The second kappa shape index (κ2) is 10.7. The van der Waals surface area contributed by atoms with Gasteiger partial charge >= 0.3 is 0 Å². The summed E-state index contributed by atoms with van der Waals surface area (Å²) in [7, 11) is 0.868. The first-order valence-corrected chi connectivity index (χ1v) is 11.5. The minimum absolute atomic E-state index is 0.00437. The third-order valence-electron chi connectivity index (χ3n) is 4.95. The van der Waals surface area contributed by atoms with Crippen molar-refractivity contribution in [3.05, 3.63) is 29.8 Å². The van der Waals surface area contributed by atoms with Crippen molar-refractivity contribution in [1.82, 2.24) is 9.62 Å². The molecular weight excluding hydrogens is 362 g/mol. The van der Waals surface area contributed by atoms with Crippen LogP contribution in [0.15, 0.2) is 24.3 Å². The quantitative estimate of drug-likeness (QED) is 0.618. The molecule has 0 aliphatic carbocycles. The third-order valence-corrected chi connectivity index (χ3v) is 6.91. The summed E-state index contributed by atoms with van der Waals surface area (Å²) in [4.78, 5) is 14.0. The second-order valence-electron chi connectivity index (χ2n) is 7.39. The number of rotatable bonds is 10. The maximum absolute atomic E-state index is 12.2. The maximum atomic E-state index is 12.2. The lowest BCUT2D eigenvalue weighted by Crippen LogP contribution is -2.37. The Balaban J connectivity index is 1.59. The summed E-state index contributed by atoms with van der Waals surface area (Å²) in [5.74, 6) is 0.147. The Kier molecular flexibility index (Phi) is 8.57. The van der Waals surface area contributed by atoms with E-state index >= 15 is 0 Å². The molecule has 1 saturated heterocycles. The largest absolute Gasteiger partial charge is 0.378 e. The van der Waals surface area contributed by atoms with Gasteiger partial charge in [-0.1, -0.05) is 18.6 Å². The zero-order valence-corrected chi connectivity index (χ0v) is 17.4. The average molecular weight is 396 g/mol. The molecule has 1 N–H and O–H groups in total. The van der Waals surface area contributed by atoms with Gasteiger partial charge < -0.3 is 10.2 Å². The number of piperidine rings is 1. The highest BCUT2D eigenvalue weighted by molar-refractivity contribution is 7.89. The van der Waals surface area contributed by atoms with Crippen molar-refractivity contribution in [2.24, 2.45) is 0 Å². The first-order valence-electron chi connectivity index (χ1n) is 9.89. The van der Waals surface area contributed by atoms with Gasteiger partial charge in [0, 0.05) is 45.8 Å². The van der Waals surface area contributed by atoms with Crippen LogP contribution in [0.1, 0.15) is 44.1 Å². The SMILES string of the molecule is CN(C)c1ccc(CCNC(=O)CCCCS(=O)(=O)N2CCCCC2)cc1. The Morgan fingerprint density at radius 2 is 1.74 bits per heavy atom. The highest BCUT2D eigenvalue weighted by Gasteiger charge is 2.23. The number of hydrogen-bond donors (Lipinski definition) is 1. The Labute approximate surface area is 164 Å². The van der Waals surface area contributed by atoms with E-state index in [-0.39, 0.29) is 11.7 Å². The average Bonchev–Trinajstić information content (AvgIpc) is 2.66. The number of anilines is 1. The van der Waals surface area contributed by atoms with Gasteiger partial charge in [0.15, 0.2) is 0 Å². The van der Waals surface area contributed by atoms with Crippen LogP contribution < -0.4 is 10.2 Å². The third kappa shape index (κ3) is 7.50. The molecule has 0 saturated carbocycles. The highest BCUT2D eigenvalue weighted by Crippen LogP contribution is 2.15. The Bertz CT molecular complexity index is 681. The molecule has 0 unspecified atom stereocenters. The lowest BCUT2D eigenvalue weighted by atomic mass is 10.1. The molecule has 0 radical (unpaired) electrons. The molecule has 0 spiro atoms. The van der Waals surface area contributed by atoms with Gasteiger partial charge in [-0.15, -0.1) is 0 Å². The van der Waals surface area contributed by atoms with Gasteiger partial charge in [0.2, 0.25) is 15.9 Å². The second-order valence-corrected chi connectivity index (χ2v) is 9.48. The fourth-order valence-corrected chi connectivity index (χ4v) is 4.88. The normalized spacial score (nSPS) is 15.5. The number of benzene rings is 1. The topological polar surface area (TPSA) is 69.7 Å². The number of nitrogens with zero attached hydrogens (tertiary/aromatic N) is 2. The molecule has 1 heterocycles. The Morgan fingerprint density at radius 1 is 1.07 bits per heavy atom. The van der Waals surface area contributed by atoms with Crippen LogP contribution in [0.3, 0.4) is 0 Å². The maximum Gasteiger partial charge on any atom is 0.220 e. The van der Waals surface area contributed by atoms with Crippen LogP contribution in [0.5, 0.6) is 0 Å². The highest BCUT2D eigenvalue weighted by atomic mass is 32.2. The predicted octanol–water partition coefficient (Wildman–Crippen LogP) is 2.40. The van der Waals surface area contributed by atoms with E-state index in [1.54, 1.807) is 4.31 Å². The van der Waals surface area contributed by atoms with Crippen molar-refractivity contribution in [1.29, 1.82) is 0 Å². The molecule has 0 aromatic heterocycles. The zero-order chi connectivity index (χ0) is 19.7. The van der Waals surface area contributed by atoms with Gasteiger partial charge in [-0.2, -0.15) is 0 Å². The number of sulfonamides is 1. The zero-order valence-electron chi connectivity index (χ0n) is 16.6. The standard InChI is InChI=1S/C20H33N3O3S/c1-22(2)19-11-9-18(10-12-19)13-14-21-20(24)8-4-7-17-27(25,26)23-15-5-3-6-16-23/h9-12H,3-8,13-17H2,1-2H3,(H,21,24). The minimum Gasteiger partial charge on any atom is -0.378 e. The number of hydrogen-bond acceptors (Lipinski definition) is 4. The van der Waals surface area contributed by atoms with E-state index in [9.17, 15) is 13.2 Å². The molecule has 27 heavy (non-hydrogen) atoms. The van der Waals surface area contributed by atoms with E-state index in [1.807, 2.05) is 14.1 Å². The minimum atomic E-state index is -3.15. The molecule has 0 atom stereocenters. The summed E-state index contributed by atoms with van der Waals surface area (Å²) in [6.45, 7) is 1.91. The number of carbonyl (C=O) groups excluding carboxylic acids is 1. The fourth-order valence-electron chi connectivity index (χ4n) is 3.24. The number of carbonyl (C=O) groups is 1. The van der Waals surface area contributed by atoms with Gasteiger partial charge in [-0.3, -0.25) is 4.79 Å². The Hall–Kier alpha value is -1.60. The molecule has 1 amide bonds. The van der Waals surface area contributed by atoms with Crippen LogP contribution in [-0.2, 0) is 21.2 Å². The van der Waals surface area contributed by atoms with Gasteiger partial charge in [0.1, 0.15) is 0 Å². The summed E-state index contributed by atoms with van der Waals surface area (Å²) >= 11 is 0. The summed E-state index contributed by atoms with van der Waals surface area (Å²) < 4.78 is 26.1. The summed E-state index contributed by atoms with van der Waals surface area (Å²) in [6, 6.07) is 8.29. The lowest BCUT2D eigenvalue weighted by molar-refractivity contribution is -0.121. The smallest absolute Gasteiger partial charge is 0.220 e. The van der Waals surface area contributed by atoms with Gasteiger partial charge in [-0.25, -0.2) is 12.7 Å². The molecular formula is C20H33N3O3S. The summed E-state index contributed by atoms with van der Waals surface area (Å²) in [5, 5.41) is 2.92. The van der Waals surface area contributed by atoms with E-state index in [1.165, 1.54) is 5.56 Å². The van der Waals surface area contributed by atoms with Crippen molar-refractivity contribution in [2.45, 2.75) is 44.9 Å². The van der Waals surface area contributed by atoms with Crippen molar-refractivity contribution in [3.8, 4) is 0 Å². The van der Waals surface area contributed by atoms with Gasteiger partial charge in [0.05, 0.1) is 5.75 Å². The van der Waals surface area contributed by atoms with E-state index in [2.05, 4.69) is 34.5 Å². The summed E-state index contributed by atoms with van der Waals surface area (Å²) in [6.07, 6.45) is 5.36. The molecule has 1 aromatic rings. The molecule has 1 aliphatic heterocycles. The van der Waals surface area contributed by atoms with Crippen LogP contribution in [-0.4, -0.2) is 58.1 Å². The molecule has 152 valence electrons. The lowest BCUT2D eigenvalue weighted by Gasteiger charge is -2.25. The number of amides is 1. The van der Waals surface area contributed by atoms with Crippen LogP contribution in [0, 0.1) is 0 Å². The van der Waals surface area contributed by atoms with Gasteiger partial charge in [-0.05, 0) is 49.8 Å². The number of unbranched alkanes of at least 4 members (excludes halogenated alkanes) is 1. The van der Waals surface area contributed by atoms with Crippen molar-refractivity contribution in [2.75, 3.05) is 44.4 Å². The Morgan fingerprint density at radius 3 is 2.37 bits per heavy atom. The predicted molar refractivity (Wildman–Crippen MR) is 111 cm³/mol. The molecule has 7 heteroatoms. The summed E-state index contributed by atoms with van der Waals surface area (Å²) in [5.41, 5.74) is 2.34. The van der Waals surface area contributed by atoms with Crippen molar-refractivity contribution in [3.63, 3.8) is 0 Å². The van der Waals surface area contributed by atoms with Crippen molar-refractivity contribution >= 4 is 21.6 Å². The van der Waals surface area contributed by atoms with Gasteiger partial charge in [0.25, 0.3) is 0 Å². The number of nitrogens with one attached hydrogen (secondary N) is 1. The molecule has 1 aliphatic rings. The van der Waals surface area contributed by atoms with Crippen LogP contribution in [0.4, 0.5) is 5.69 Å². The van der Waals surface area contributed by atoms with E-state index in [4.69, 9.17) is 0 Å². The molecule has 2 rings (SSSR count). The van der Waals surface area contributed by atoms with Crippen LogP contribution in [0.25, 0.3) is 0 Å². The first kappa shape index (κ1) is 21.7. The molecule has 1 aromatic carbocycles. The van der Waals surface area contributed by atoms with E-state index in [0.29, 0.717) is 38.9 Å². The molecule has 1 fully saturated rings. The monoisotopic (exact) mass is 395 g/mol. The molecule has 6 nitrogen and oxygen atoms in total. The van der Waals surface area contributed by atoms with E-state index < -0.39 is 10.0 Å². The first-order chi connectivity index (χ1) is 12.9. The van der Waals surface area contributed by atoms with E-state index in [0.717, 1.165) is 31.4 Å². The van der Waals surface area contributed by atoms with Crippen LogP contribution in [0.2, 0.25) is 0 Å².